The highest BCUT2D eigenvalue weighted by atomic mass is 32.2. The number of benzene rings is 1. The average Bonchev–Trinajstić information content (AvgIpc) is 3.54. The molecule has 34 heavy (non-hydrogen) atoms. The van der Waals surface area contributed by atoms with E-state index in [4.69, 9.17) is 8.83 Å². The Morgan fingerprint density at radius 3 is 2.18 bits per heavy atom. The summed E-state index contributed by atoms with van der Waals surface area (Å²) in [7, 11) is -3.78. The highest BCUT2D eigenvalue weighted by Gasteiger charge is 2.25. The van der Waals surface area contributed by atoms with Crippen LogP contribution in [0.15, 0.2) is 81.2 Å². The molecule has 0 spiro atoms. The van der Waals surface area contributed by atoms with Crippen LogP contribution in [0.25, 0.3) is 0 Å². The molecule has 4 rings (SSSR count). The molecule has 0 fully saturated rings. The minimum atomic E-state index is -3.78. The SMILES string of the molecule is CCS(=O)(=O)c1ncc(N(Cc2ccco2)Cc2ccco2)c(C(=O)Nc2ccc(F)cc2)n1. The lowest BCUT2D eigenvalue weighted by Crippen LogP contribution is -2.27. The smallest absolute Gasteiger partial charge is 0.276 e. The van der Waals surface area contributed by atoms with Gasteiger partial charge in [0.2, 0.25) is 15.0 Å². The number of sulfone groups is 1. The summed E-state index contributed by atoms with van der Waals surface area (Å²) < 4.78 is 49.0. The largest absolute Gasteiger partial charge is 0.467 e. The van der Waals surface area contributed by atoms with E-state index in [0.717, 1.165) is 0 Å². The van der Waals surface area contributed by atoms with Crippen molar-refractivity contribution in [1.82, 2.24) is 9.97 Å². The predicted molar refractivity (Wildman–Crippen MR) is 121 cm³/mol. The molecule has 0 atom stereocenters. The van der Waals surface area contributed by atoms with Gasteiger partial charge in [0.15, 0.2) is 5.69 Å². The summed E-state index contributed by atoms with van der Waals surface area (Å²) in [6.07, 6.45) is 4.34. The molecular formula is C23H21FN4O5S. The van der Waals surface area contributed by atoms with Gasteiger partial charge in [0.25, 0.3) is 5.91 Å². The van der Waals surface area contributed by atoms with Gasteiger partial charge in [0.05, 0.1) is 43.3 Å². The maximum Gasteiger partial charge on any atom is 0.276 e. The normalized spacial score (nSPS) is 11.4. The van der Waals surface area contributed by atoms with Crippen molar-refractivity contribution in [1.29, 1.82) is 0 Å². The molecule has 1 aromatic carbocycles. The maximum absolute atomic E-state index is 13.3. The second-order valence-corrected chi connectivity index (χ2v) is 9.44. The van der Waals surface area contributed by atoms with Crippen LogP contribution in [-0.4, -0.2) is 30.0 Å². The number of halogens is 1. The van der Waals surface area contributed by atoms with Crippen LogP contribution in [0.4, 0.5) is 15.8 Å². The molecule has 1 amide bonds. The molecule has 0 aliphatic carbocycles. The molecule has 1 N–H and O–H groups in total. The second-order valence-electron chi connectivity index (χ2n) is 7.27. The first-order valence-electron chi connectivity index (χ1n) is 10.3. The summed E-state index contributed by atoms with van der Waals surface area (Å²) in [5.74, 6) is -0.169. The van der Waals surface area contributed by atoms with Crippen molar-refractivity contribution in [2.75, 3.05) is 16.0 Å². The number of furan rings is 2. The van der Waals surface area contributed by atoms with Crippen LogP contribution in [-0.2, 0) is 22.9 Å². The van der Waals surface area contributed by atoms with Crippen molar-refractivity contribution >= 4 is 27.1 Å². The van der Waals surface area contributed by atoms with Gasteiger partial charge in [0, 0.05) is 5.69 Å². The number of nitrogens with one attached hydrogen (secondary N) is 1. The Kier molecular flexibility index (Phi) is 6.73. The number of hydrogen-bond donors (Lipinski definition) is 1. The number of hydrogen-bond acceptors (Lipinski definition) is 8. The summed E-state index contributed by atoms with van der Waals surface area (Å²) in [6, 6.07) is 12.2. The number of amides is 1. The number of carbonyl (C=O) groups excluding carboxylic acids is 1. The van der Waals surface area contributed by atoms with Crippen molar-refractivity contribution in [3.8, 4) is 0 Å². The van der Waals surface area contributed by atoms with Crippen LogP contribution < -0.4 is 10.2 Å². The van der Waals surface area contributed by atoms with E-state index in [0.29, 0.717) is 17.2 Å². The Bertz CT molecular complexity index is 1320. The zero-order chi connectivity index (χ0) is 24.1. The van der Waals surface area contributed by atoms with Crippen molar-refractivity contribution in [3.63, 3.8) is 0 Å². The molecule has 4 aromatic rings. The Morgan fingerprint density at radius 1 is 1.03 bits per heavy atom. The first-order chi connectivity index (χ1) is 16.4. The number of anilines is 2. The van der Waals surface area contributed by atoms with Gasteiger partial charge in [0.1, 0.15) is 17.3 Å². The Balaban J connectivity index is 1.77. The molecule has 11 heteroatoms. The monoisotopic (exact) mass is 484 g/mol. The molecule has 9 nitrogen and oxygen atoms in total. The summed E-state index contributed by atoms with van der Waals surface area (Å²) >= 11 is 0. The summed E-state index contributed by atoms with van der Waals surface area (Å²) in [5, 5.41) is 2.17. The number of aromatic nitrogens is 2. The topological polar surface area (TPSA) is 119 Å². The summed E-state index contributed by atoms with van der Waals surface area (Å²) in [5.41, 5.74) is 0.423. The summed E-state index contributed by atoms with van der Waals surface area (Å²) in [6.45, 7) is 1.92. The van der Waals surface area contributed by atoms with Crippen molar-refractivity contribution in [3.05, 3.63) is 90.3 Å². The molecule has 0 saturated carbocycles. The molecule has 0 aliphatic rings. The first kappa shape index (κ1) is 23.2. The molecule has 0 saturated heterocycles. The third-order valence-electron chi connectivity index (χ3n) is 4.92. The fraction of sp³-hybridized carbons (Fsp3) is 0.174. The fourth-order valence-electron chi connectivity index (χ4n) is 3.17. The third kappa shape index (κ3) is 5.31. The quantitative estimate of drug-likeness (QED) is 0.354. The van der Waals surface area contributed by atoms with E-state index in [1.54, 1.807) is 29.2 Å². The highest BCUT2D eigenvalue weighted by molar-refractivity contribution is 7.91. The zero-order valence-electron chi connectivity index (χ0n) is 18.1. The predicted octanol–water partition coefficient (Wildman–Crippen LogP) is 4.05. The molecule has 176 valence electrons. The average molecular weight is 485 g/mol. The van der Waals surface area contributed by atoms with Crippen LogP contribution >= 0.6 is 0 Å². The minimum absolute atomic E-state index is 0.163. The van der Waals surface area contributed by atoms with E-state index in [2.05, 4.69) is 15.3 Å². The number of rotatable bonds is 9. The van der Waals surface area contributed by atoms with Crippen LogP contribution in [0.1, 0.15) is 28.9 Å². The Hall–Kier alpha value is -3.99. The Morgan fingerprint density at radius 2 is 1.65 bits per heavy atom. The fourth-order valence-corrected chi connectivity index (χ4v) is 3.87. The van der Waals surface area contributed by atoms with Gasteiger partial charge in [-0.15, -0.1) is 0 Å². The van der Waals surface area contributed by atoms with Gasteiger partial charge in [-0.05, 0) is 48.5 Å². The molecular weight excluding hydrogens is 463 g/mol. The van der Waals surface area contributed by atoms with Gasteiger partial charge in [-0.2, -0.15) is 0 Å². The molecule has 0 aliphatic heterocycles. The lowest BCUT2D eigenvalue weighted by Gasteiger charge is -2.24. The van der Waals surface area contributed by atoms with Gasteiger partial charge >= 0.3 is 0 Å². The number of carbonyl (C=O) groups is 1. The molecule has 0 unspecified atom stereocenters. The van der Waals surface area contributed by atoms with E-state index < -0.39 is 26.7 Å². The van der Waals surface area contributed by atoms with Crippen molar-refractivity contribution in [2.45, 2.75) is 25.2 Å². The summed E-state index contributed by atoms with van der Waals surface area (Å²) in [4.78, 5) is 23.1. The third-order valence-corrected chi connectivity index (χ3v) is 6.43. The molecule has 3 heterocycles. The van der Waals surface area contributed by atoms with Crippen molar-refractivity contribution in [2.24, 2.45) is 0 Å². The molecule has 0 radical (unpaired) electrons. The number of nitrogens with zero attached hydrogens (tertiary/aromatic N) is 3. The standard InChI is InChI=1S/C23H21FN4O5S/c1-2-34(30,31)23-25-13-20(21(27-23)22(29)26-17-9-7-16(24)8-10-17)28(14-18-5-3-11-32-18)15-19-6-4-12-33-19/h3-13H,2,14-15H2,1H3,(H,26,29). The first-order valence-corrected chi connectivity index (χ1v) is 12.0. The lowest BCUT2D eigenvalue weighted by molar-refractivity contribution is 0.102. The van der Waals surface area contributed by atoms with E-state index in [1.165, 1.54) is 49.9 Å². The van der Waals surface area contributed by atoms with Gasteiger partial charge in [-0.3, -0.25) is 4.79 Å². The zero-order valence-corrected chi connectivity index (χ0v) is 19.0. The lowest BCUT2D eigenvalue weighted by atomic mass is 10.2. The van der Waals surface area contributed by atoms with Gasteiger partial charge in [-0.25, -0.2) is 22.8 Å². The van der Waals surface area contributed by atoms with Crippen LogP contribution in [0.3, 0.4) is 0 Å². The van der Waals surface area contributed by atoms with Crippen LogP contribution in [0.2, 0.25) is 0 Å². The van der Waals surface area contributed by atoms with E-state index in [9.17, 15) is 17.6 Å². The van der Waals surface area contributed by atoms with E-state index in [1.807, 2.05) is 0 Å². The maximum atomic E-state index is 13.3. The van der Waals surface area contributed by atoms with Gasteiger partial charge in [-0.1, -0.05) is 6.92 Å². The van der Waals surface area contributed by atoms with Gasteiger partial charge < -0.3 is 19.1 Å². The second kappa shape index (κ2) is 9.87. The molecule has 3 aromatic heterocycles. The van der Waals surface area contributed by atoms with E-state index in [-0.39, 0.29) is 30.2 Å². The van der Waals surface area contributed by atoms with E-state index >= 15 is 0 Å². The Labute approximate surface area is 195 Å². The van der Waals surface area contributed by atoms with Crippen LogP contribution in [0, 0.1) is 5.82 Å². The highest BCUT2D eigenvalue weighted by Crippen LogP contribution is 2.25. The minimum Gasteiger partial charge on any atom is -0.467 e. The van der Waals surface area contributed by atoms with Crippen LogP contribution in [0.5, 0.6) is 0 Å². The molecule has 0 bridgehead atoms. The van der Waals surface area contributed by atoms with Crippen molar-refractivity contribution < 1.29 is 26.4 Å².